The average Bonchev–Trinajstić information content (AvgIpc) is 3.78. The monoisotopic (exact) mass is 578 g/mol. The molecule has 0 spiro atoms. The quantitative estimate of drug-likeness (QED) is 0.200. The van der Waals surface area contributed by atoms with Crippen LogP contribution >= 0.6 is 11.3 Å². The molecular weight excluding hydrogens is 548 g/mol. The average molecular weight is 579 g/mol. The largest absolute Gasteiger partial charge is 0.493 e. The molecule has 1 saturated heterocycles. The van der Waals surface area contributed by atoms with Crippen LogP contribution in [0.2, 0.25) is 0 Å². The van der Waals surface area contributed by atoms with Gasteiger partial charge in [-0.2, -0.15) is 0 Å². The molecule has 0 bridgehead atoms. The molecule has 10 heteroatoms. The Kier molecular flexibility index (Phi) is 6.93. The summed E-state index contributed by atoms with van der Waals surface area (Å²) in [7, 11) is 3.28. The molecule has 2 aromatic carbocycles. The summed E-state index contributed by atoms with van der Waals surface area (Å²) < 4.78 is 20.9. The first-order valence-electron chi connectivity index (χ1n) is 13.9. The lowest BCUT2D eigenvalue weighted by molar-refractivity contribution is -0.0395. The smallest absolute Gasteiger partial charge is 0.193 e. The molecule has 1 unspecified atom stereocenters. The zero-order chi connectivity index (χ0) is 28.6. The van der Waals surface area contributed by atoms with Gasteiger partial charge in [-0.15, -0.1) is 16.4 Å². The maximum atomic E-state index is 5.95. The van der Waals surface area contributed by atoms with Crippen LogP contribution in [-0.2, 0) is 4.74 Å². The van der Waals surface area contributed by atoms with Gasteiger partial charge in [0.1, 0.15) is 27.6 Å². The highest BCUT2D eigenvalue weighted by molar-refractivity contribution is 7.18. The number of hydrogen-bond acceptors (Lipinski definition) is 8. The molecule has 0 aliphatic carbocycles. The molecule has 1 aliphatic rings. The standard InChI is InChI=1S/C32H30N6O3S/c1-20-29(37-18-23(13-15-26(37)34-20)22-12-14-24(39-2)25(17-22)40-3)32-35-28(21-9-5-4-6-10-21)30(42-32)31-33-19-38(36-31)27-11-7-8-16-41-27/h4-6,9-10,12-15,17-19,27H,7-8,11,16H2,1-3H3. The number of ether oxygens (including phenoxy) is 3. The number of benzene rings is 2. The SMILES string of the molecule is COc1ccc(-c2ccc3nc(C)c(-c4nc(-c5ccccc5)c(-c5ncn(C6CCCCO6)n5)s4)n3c2)cc1OC. The fraction of sp³-hybridized carbons (Fsp3) is 0.250. The van der Waals surface area contributed by atoms with Crippen molar-refractivity contribution in [3.63, 3.8) is 0 Å². The lowest BCUT2D eigenvalue weighted by atomic mass is 10.1. The molecule has 6 aromatic rings. The van der Waals surface area contributed by atoms with Gasteiger partial charge in [-0.25, -0.2) is 19.6 Å². The molecule has 1 atom stereocenters. The molecule has 9 nitrogen and oxygen atoms in total. The van der Waals surface area contributed by atoms with Crippen LogP contribution in [0.3, 0.4) is 0 Å². The molecule has 1 fully saturated rings. The van der Waals surface area contributed by atoms with Gasteiger partial charge < -0.3 is 14.2 Å². The number of aromatic nitrogens is 6. The Bertz CT molecular complexity index is 1870. The van der Waals surface area contributed by atoms with Crippen molar-refractivity contribution in [3.8, 4) is 55.3 Å². The molecule has 7 rings (SSSR count). The number of nitrogens with zero attached hydrogens (tertiary/aromatic N) is 6. The Labute approximate surface area is 247 Å². The Morgan fingerprint density at radius 1 is 0.905 bits per heavy atom. The number of thiazole rings is 1. The minimum Gasteiger partial charge on any atom is -0.493 e. The van der Waals surface area contributed by atoms with Crippen molar-refractivity contribution in [2.45, 2.75) is 32.4 Å². The topological polar surface area (TPSA) is 88.6 Å². The first-order chi connectivity index (χ1) is 20.6. The van der Waals surface area contributed by atoms with Gasteiger partial charge in [-0.1, -0.05) is 36.4 Å². The second-order valence-corrected chi connectivity index (χ2v) is 11.2. The molecule has 1 aliphatic heterocycles. The summed E-state index contributed by atoms with van der Waals surface area (Å²) in [5, 5.41) is 5.71. The van der Waals surface area contributed by atoms with Gasteiger partial charge in [0.2, 0.25) is 0 Å². The van der Waals surface area contributed by atoms with Crippen molar-refractivity contribution in [1.82, 2.24) is 29.1 Å². The van der Waals surface area contributed by atoms with E-state index in [1.165, 1.54) is 0 Å². The van der Waals surface area contributed by atoms with Gasteiger partial charge in [0.05, 0.1) is 25.6 Å². The molecule has 5 heterocycles. The van der Waals surface area contributed by atoms with Gasteiger partial charge >= 0.3 is 0 Å². The van der Waals surface area contributed by atoms with Crippen molar-refractivity contribution < 1.29 is 14.2 Å². The minimum absolute atomic E-state index is 0.0800. The van der Waals surface area contributed by atoms with Crippen molar-refractivity contribution >= 4 is 17.0 Å². The summed E-state index contributed by atoms with van der Waals surface area (Å²) in [5.41, 5.74) is 6.58. The van der Waals surface area contributed by atoms with Crippen LogP contribution in [0.4, 0.5) is 0 Å². The normalized spacial score (nSPS) is 15.3. The van der Waals surface area contributed by atoms with E-state index >= 15 is 0 Å². The lowest BCUT2D eigenvalue weighted by Crippen LogP contribution is -2.18. The van der Waals surface area contributed by atoms with Crippen LogP contribution < -0.4 is 9.47 Å². The predicted molar refractivity (Wildman–Crippen MR) is 163 cm³/mol. The third kappa shape index (κ3) is 4.72. The Hall–Kier alpha value is -4.54. The minimum atomic E-state index is -0.0800. The summed E-state index contributed by atoms with van der Waals surface area (Å²) in [4.78, 5) is 15.7. The van der Waals surface area contributed by atoms with Gasteiger partial charge in [0, 0.05) is 18.4 Å². The van der Waals surface area contributed by atoms with Crippen LogP contribution in [0, 0.1) is 6.92 Å². The van der Waals surface area contributed by atoms with E-state index in [0.717, 1.165) is 75.2 Å². The van der Waals surface area contributed by atoms with Crippen molar-refractivity contribution in [2.75, 3.05) is 20.8 Å². The molecule has 42 heavy (non-hydrogen) atoms. The zero-order valence-corrected chi connectivity index (χ0v) is 24.5. The maximum absolute atomic E-state index is 5.95. The van der Waals surface area contributed by atoms with E-state index in [2.05, 4.69) is 28.8 Å². The molecule has 0 radical (unpaired) electrons. The highest BCUT2D eigenvalue weighted by Gasteiger charge is 2.24. The van der Waals surface area contributed by atoms with Crippen molar-refractivity contribution in [3.05, 3.63) is 78.9 Å². The number of hydrogen-bond donors (Lipinski definition) is 0. The second-order valence-electron chi connectivity index (χ2n) is 10.2. The van der Waals surface area contributed by atoms with E-state index in [1.54, 1.807) is 31.9 Å². The Balaban J connectivity index is 1.35. The molecule has 0 amide bonds. The first-order valence-corrected chi connectivity index (χ1v) is 14.8. The van der Waals surface area contributed by atoms with Crippen molar-refractivity contribution in [2.24, 2.45) is 0 Å². The number of pyridine rings is 1. The number of fused-ring (bicyclic) bond motifs is 1. The lowest BCUT2D eigenvalue weighted by Gasteiger charge is -2.21. The van der Waals surface area contributed by atoms with Crippen molar-refractivity contribution in [1.29, 1.82) is 0 Å². The maximum Gasteiger partial charge on any atom is 0.193 e. The highest BCUT2D eigenvalue weighted by Crippen LogP contribution is 2.41. The Morgan fingerprint density at radius 3 is 2.52 bits per heavy atom. The Morgan fingerprint density at radius 2 is 1.74 bits per heavy atom. The molecular formula is C32H30N6O3S. The number of aryl methyl sites for hydroxylation is 1. The van der Waals surface area contributed by atoms with Crippen LogP contribution in [0.25, 0.3) is 49.4 Å². The summed E-state index contributed by atoms with van der Waals surface area (Å²) in [6.07, 6.45) is 6.94. The van der Waals surface area contributed by atoms with Crippen LogP contribution in [-0.4, -0.2) is 50.0 Å². The third-order valence-electron chi connectivity index (χ3n) is 7.55. The second kappa shape index (κ2) is 11.0. The summed E-state index contributed by atoms with van der Waals surface area (Å²) in [6.45, 7) is 2.77. The van der Waals surface area contributed by atoms with E-state index in [0.29, 0.717) is 17.3 Å². The summed E-state index contributed by atoms with van der Waals surface area (Å²) in [6, 6.07) is 20.2. The highest BCUT2D eigenvalue weighted by atomic mass is 32.1. The number of rotatable bonds is 7. The fourth-order valence-electron chi connectivity index (χ4n) is 5.42. The van der Waals surface area contributed by atoms with Crippen LogP contribution in [0.15, 0.2) is 73.2 Å². The predicted octanol–water partition coefficient (Wildman–Crippen LogP) is 7.08. The van der Waals surface area contributed by atoms with E-state index in [4.69, 9.17) is 34.3 Å². The van der Waals surface area contributed by atoms with E-state index in [1.807, 2.05) is 54.1 Å². The molecule has 4 aromatic heterocycles. The van der Waals surface area contributed by atoms with Crippen LogP contribution in [0.1, 0.15) is 31.2 Å². The number of methoxy groups -OCH3 is 2. The zero-order valence-electron chi connectivity index (χ0n) is 23.7. The van der Waals surface area contributed by atoms with Gasteiger partial charge in [0.15, 0.2) is 23.6 Å². The van der Waals surface area contributed by atoms with E-state index in [-0.39, 0.29) is 6.23 Å². The first kappa shape index (κ1) is 26.4. The molecule has 212 valence electrons. The fourth-order valence-corrected chi connectivity index (χ4v) is 6.54. The number of imidazole rings is 1. The van der Waals surface area contributed by atoms with Gasteiger partial charge in [-0.05, 0) is 61.6 Å². The van der Waals surface area contributed by atoms with Crippen LogP contribution in [0.5, 0.6) is 11.5 Å². The third-order valence-corrected chi connectivity index (χ3v) is 8.61. The van der Waals surface area contributed by atoms with E-state index in [9.17, 15) is 0 Å². The molecule has 0 saturated carbocycles. The van der Waals surface area contributed by atoms with Gasteiger partial charge in [-0.3, -0.25) is 4.40 Å². The summed E-state index contributed by atoms with van der Waals surface area (Å²) in [5.74, 6) is 2.01. The summed E-state index contributed by atoms with van der Waals surface area (Å²) >= 11 is 1.58. The molecule has 0 N–H and O–H groups in total. The van der Waals surface area contributed by atoms with E-state index < -0.39 is 0 Å². The van der Waals surface area contributed by atoms with Gasteiger partial charge in [0.25, 0.3) is 0 Å².